The van der Waals surface area contributed by atoms with Gasteiger partial charge in [-0.1, -0.05) is 36.4 Å². The third-order valence-corrected chi connectivity index (χ3v) is 5.06. The van der Waals surface area contributed by atoms with Crippen molar-refractivity contribution in [2.75, 3.05) is 13.1 Å². The van der Waals surface area contributed by atoms with E-state index >= 15 is 0 Å². The van der Waals surface area contributed by atoms with Crippen LogP contribution in [0.25, 0.3) is 5.69 Å². The molecule has 26 heavy (non-hydrogen) atoms. The summed E-state index contributed by atoms with van der Waals surface area (Å²) in [6, 6.07) is 17.9. The minimum atomic E-state index is 0.110. The molecule has 5 nitrogen and oxygen atoms in total. The molecule has 1 amide bonds. The van der Waals surface area contributed by atoms with E-state index in [1.807, 2.05) is 71.0 Å². The Morgan fingerprint density at radius 2 is 1.85 bits per heavy atom. The first-order chi connectivity index (χ1) is 12.7. The van der Waals surface area contributed by atoms with Crippen molar-refractivity contribution in [3.63, 3.8) is 0 Å². The summed E-state index contributed by atoms with van der Waals surface area (Å²) < 4.78 is 2.03. The van der Waals surface area contributed by atoms with Gasteiger partial charge in [0.25, 0.3) is 5.91 Å². The van der Waals surface area contributed by atoms with Gasteiger partial charge in [0, 0.05) is 30.3 Å². The van der Waals surface area contributed by atoms with E-state index in [1.54, 1.807) is 6.33 Å². The number of aryl methyl sites for hydroxylation is 1. The maximum Gasteiger partial charge on any atom is 0.254 e. The van der Waals surface area contributed by atoms with Gasteiger partial charge in [-0.2, -0.15) is 0 Å². The molecule has 0 spiro atoms. The number of carbonyl (C=O) groups is 1. The second-order valence-electron chi connectivity index (χ2n) is 6.80. The monoisotopic (exact) mass is 346 g/mol. The lowest BCUT2D eigenvalue weighted by Gasteiger charge is -2.32. The van der Waals surface area contributed by atoms with E-state index in [0.29, 0.717) is 6.54 Å². The summed E-state index contributed by atoms with van der Waals surface area (Å²) in [5.41, 5.74) is 2.86. The van der Waals surface area contributed by atoms with Crippen LogP contribution >= 0.6 is 0 Å². The number of para-hydroxylation sites is 1. The number of aromatic nitrogens is 3. The maximum atomic E-state index is 13.0. The summed E-state index contributed by atoms with van der Waals surface area (Å²) >= 11 is 0. The molecule has 0 unspecified atom stereocenters. The summed E-state index contributed by atoms with van der Waals surface area (Å²) in [6.07, 6.45) is 3.75. The Kier molecular flexibility index (Phi) is 4.52. The van der Waals surface area contributed by atoms with Crippen LogP contribution in [-0.4, -0.2) is 38.7 Å². The predicted octanol–water partition coefficient (Wildman–Crippen LogP) is 3.60. The van der Waals surface area contributed by atoms with Gasteiger partial charge in [-0.3, -0.25) is 9.36 Å². The number of likely N-dealkylation sites (tertiary alicyclic amines) is 1. The molecule has 1 aliphatic rings. The number of amides is 1. The standard InChI is InChI=1S/C21H22N4O/c1-16-8-5-6-12-19(16)21(26)24-13-7-9-17(14-24)20-23-22-15-25(20)18-10-3-2-4-11-18/h2-6,8,10-12,15,17H,7,9,13-14H2,1H3/t17-/m0/s1. The van der Waals surface area contributed by atoms with E-state index in [2.05, 4.69) is 10.2 Å². The fourth-order valence-corrected chi connectivity index (χ4v) is 3.67. The molecule has 1 aliphatic heterocycles. The van der Waals surface area contributed by atoms with E-state index in [-0.39, 0.29) is 11.8 Å². The van der Waals surface area contributed by atoms with E-state index in [0.717, 1.165) is 42.0 Å². The summed E-state index contributed by atoms with van der Waals surface area (Å²) in [5, 5.41) is 8.50. The van der Waals surface area contributed by atoms with Gasteiger partial charge in [0.15, 0.2) is 0 Å². The minimum Gasteiger partial charge on any atom is -0.338 e. The van der Waals surface area contributed by atoms with Crippen LogP contribution in [0.4, 0.5) is 0 Å². The van der Waals surface area contributed by atoms with Gasteiger partial charge in [-0.05, 0) is 43.5 Å². The molecule has 0 bridgehead atoms. The number of rotatable bonds is 3. The minimum absolute atomic E-state index is 0.110. The fraction of sp³-hybridized carbons (Fsp3) is 0.286. The zero-order chi connectivity index (χ0) is 17.9. The van der Waals surface area contributed by atoms with E-state index < -0.39 is 0 Å². The van der Waals surface area contributed by atoms with Gasteiger partial charge >= 0.3 is 0 Å². The summed E-state index contributed by atoms with van der Waals surface area (Å²) in [4.78, 5) is 14.9. The molecule has 0 saturated carbocycles. The van der Waals surface area contributed by atoms with E-state index in [4.69, 9.17) is 0 Å². The first-order valence-corrected chi connectivity index (χ1v) is 9.04. The normalized spacial score (nSPS) is 17.3. The SMILES string of the molecule is Cc1ccccc1C(=O)N1CCC[C@H](c2nncn2-c2ccccc2)C1. The molecule has 2 heterocycles. The van der Waals surface area contributed by atoms with Crippen LogP contribution in [-0.2, 0) is 0 Å². The van der Waals surface area contributed by atoms with E-state index in [9.17, 15) is 4.79 Å². The Hall–Kier alpha value is -2.95. The molecular formula is C21H22N4O. The first-order valence-electron chi connectivity index (χ1n) is 9.04. The quantitative estimate of drug-likeness (QED) is 0.728. The van der Waals surface area contributed by atoms with E-state index in [1.165, 1.54) is 0 Å². The van der Waals surface area contributed by atoms with Crippen LogP contribution in [0.15, 0.2) is 60.9 Å². The highest BCUT2D eigenvalue weighted by molar-refractivity contribution is 5.95. The number of nitrogens with zero attached hydrogens (tertiary/aromatic N) is 4. The number of benzene rings is 2. The van der Waals surface area contributed by atoms with Gasteiger partial charge in [0.05, 0.1) is 0 Å². The van der Waals surface area contributed by atoms with Crippen molar-refractivity contribution >= 4 is 5.91 Å². The van der Waals surface area contributed by atoms with Crippen molar-refractivity contribution in [2.45, 2.75) is 25.7 Å². The van der Waals surface area contributed by atoms with Gasteiger partial charge in [0.2, 0.25) is 0 Å². The summed E-state index contributed by atoms with van der Waals surface area (Å²) in [5.74, 6) is 1.23. The number of hydrogen-bond acceptors (Lipinski definition) is 3. The van der Waals surface area contributed by atoms with Crippen molar-refractivity contribution in [2.24, 2.45) is 0 Å². The lowest BCUT2D eigenvalue weighted by atomic mass is 9.96. The molecule has 0 N–H and O–H groups in total. The van der Waals surface area contributed by atoms with Crippen LogP contribution < -0.4 is 0 Å². The molecule has 1 aromatic heterocycles. The van der Waals surface area contributed by atoms with Gasteiger partial charge in [-0.15, -0.1) is 10.2 Å². The molecular weight excluding hydrogens is 324 g/mol. The van der Waals surface area contributed by atoms with Gasteiger partial charge < -0.3 is 4.90 Å². The maximum absolute atomic E-state index is 13.0. The van der Waals surface area contributed by atoms with Crippen LogP contribution in [0.1, 0.15) is 40.5 Å². The summed E-state index contributed by atoms with van der Waals surface area (Å²) in [7, 11) is 0. The zero-order valence-corrected chi connectivity index (χ0v) is 14.9. The summed E-state index contributed by atoms with van der Waals surface area (Å²) in [6.45, 7) is 3.46. The number of piperidine rings is 1. The molecule has 3 aromatic rings. The molecule has 1 fully saturated rings. The largest absolute Gasteiger partial charge is 0.338 e. The Morgan fingerprint density at radius 1 is 1.08 bits per heavy atom. The Labute approximate surface area is 153 Å². The van der Waals surface area contributed by atoms with Gasteiger partial charge in [-0.25, -0.2) is 0 Å². The highest BCUT2D eigenvalue weighted by Gasteiger charge is 2.29. The molecule has 1 saturated heterocycles. The molecule has 1 atom stereocenters. The lowest BCUT2D eigenvalue weighted by Crippen LogP contribution is -2.40. The van der Waals surface area contributed by atoms with Crippen LogP contribution in [0, 0.1) is 6.92 Å². The van der Waals surface area contributed by atoms with Crippen molar-refractivity contribution in [3.8, 4) is 5.69 Å². The average molecular weight is 346 g/mol. The van der Waals surface area contributed by atoms with Crippen molar-refractivity contribution in [3.05, 3.63) is 77.9 Å². The highest BCUT2D eigenvalue weighted by atomic mass is 16.2. The Morgan fingerprint density at radius 3 is 2.65 bits per heavy atom. The van der Waals surface area contributed by atoms with Crippen LogP contribution in [0.2, 0.25) is 0 Å². The van der Waals surface area contributed by atoms with Gasteiger partial charge in [0.1, 0.15) is 12.2 Å². The highest BCUT2D eigenvalue weighted by Crippen LogP contribution is 2.28. The van der Waals surface area contributed by atoms with Crippen molar-refractivity contribution < 1.29 is 4.79 Å². The predicted molar refractivity (Wildman–Crippen MR) is 100 cm³/mol. The average Bonchev–Trinajstić information content (AvgIpc) is 3.18. The van der Waals surface area contributed by atoms with Crippen molar-refractivity contribution in [1.82, 2.24) is 19.7 Å². The molecule has 5 heteroatoms. The third kappa shape index (κ3) is 3.12. The van der Waals surface area contributed by atoms with Crippen LogP contribution in [0.5, 0.6) is 0 Å². The Balaban J connectivity index is 1.58. The van der Waals surface area contributed by atoms with Crippen LogP contribution in [0.3, 0.4) is 0 Å². The van der Waals surface area contributed by atoms with Crippen molar-refractivity contribution in [1.29, 1.82) is 0 Å². The molecule has 2 aromatic carbocycles. The first kappa shape index (κ1) is 16.5. The number of hydrogen-bond donors (Lipinski definition) is 0. The topological polar surface area (TPSA) is 51.0 Å². The zero-order valence-electron chi connectivity index (χ0n) is 14.9. The number of carbonyl (C=O) groups excluding carboxylic acids is 1. The molecule has 4 rings (SSSR count). The second kappa shape index (κ2) is 7.12. The smallest absolute Gasteiger partial charge is 0.254 e. The second-order valence-corrected chi connectivity index (χ2v) is 6.80. The molecule has 132 valence electrons. The lowest BCUT2D eigenvalue weighted by molar-refractivity contribution is 0.0703. The fourth-order valence-electron chi connectivity index (χ4n) is 3.67. The third-order valence-electron chi connectivity index (χ3n) is 5.06. The Bertz CT molecular complexity index is 903. The molecule has 0 aliphatic carbocycles. The molecule has 0 radical (unpaired) electrons.